The van der Waals surface area contributed by atoms with Gasteiger partial charge >= 0.3 is 0 Å². The van der Waals surface area contributed by atoms with Gasteiger partial charge in [0.2, 0.25) is 0 Å². The summed E-state index contributed by atoms with van der Waals surface area (Å²) in [4.78, 5) is 24.5. The van der Waals surface area contributed by atoms with Gasteiger partial charge in [-0.2, -0.15) is 0 Å². The molecule has 0 N–H and O–H groups in total. The lowest BCUT2D eigenvalue weighted by Gasteiger charge is -2.32. The molecule has 1 fully saturated rings. The fourth-order valence-corrected chi connectivity index (χ4v) is 2.93. The Morgan fingerprint density at radius 2 is 2.04 bits per heavy atom. The highest BCUT2D eigenvalue weighted by Crippen LogP contribution is 2.22. The quantitative estimate of drug-likeness (QED) is 0.608. The van der Waals surface area contributed by atoms with Crippen LogP contribution in [0.5, 0.6) is 5.75 Å². The lowest BCUT2D eigenvalue weighted by molar-refractivity contribution is -0.384. The van der Waals surface area contributed by atoms with E-state index >= 15 is 0 Å². The van der Waals surface area contributed by atoms with Crippen molar-refractivity contribution in [1.82, 2.24) is 4.90 Å². The molecule has 1 aliphatic rings. The molecule has 7 nitrogen and oxygen atoms in total. The summed E-state index contributed by atoms with van der Waals surface area (Å²) in [5.41, 5.74) is 0.00822. The molecule has 0 saturated carbocycles. The maximum Gasteiger partial charge on any atom is 0.289 e. The first kappa shape index (κ1) is 17.0. The molecule has 25 heavy (non-hydrogen) atoms. The lowest BCUT2D eigenvalue weighted by Crippen LogP contribution is -2.41. The number of ether oxygens (including phenoxy) is 1. The van der Waals surface area contributed by atoms with Crippen LogP contribution < -0.4 is 4.74 Å². The highest BCUT2D eigenvalue weighted by atomic mass is 16.6. The van der Waals surface area contributed by atoms with Crippen LogP contribution in [0.1, 0.15) is 42.5 Å². The standard InChI is InChI=1S/C18H20N2O5/c1-13-4-2-3-11-19(13)18(21)17-10-9-16(25-17)12-24-15-7-5-14(6-8-15)20(22)23/h5-10,13H,2-4,11-12H2,1H3/t13-/m1/s1. The van der Waals surface area contributed by atoms with E-state index in [9.17, 15) is 14.9 Å². The first-order valence-electron chi connectivity index (χ1n) is 8.31. The summed E-state index contributed by atoms with van der Waals surface area (Å²) in [6, 6.07) is 9.43. The summed E-state index contributed by atoms with van der Waals surface area (Å²) in [6.07, 6.45) is 3.19. The number of nitro benzene ring substituents is 1. The highest BCUT2D eigenvalue weighted by molar-refractivity contribution is 5.91. The minimum atomic E-state index is -0.463. The van der Waals surface area contributed by atoms with Crippen molar-refractivity contribution in [2.45, 2.75) is 38.8 Å². The van der Waals surface area contributed by atoms with Crippen molar-refractivity contribution in [2.24, 2.45) is 0 Å². The van der Waals surface area contributed by atoms with Gasteiger partial charge < -0.3 is 14.1 Å². The van der Waals surface area contributed by atoms with Gasteiger partial charge in [0, 0.05) is 24.7 Å². The van der Waals surface area contributed by atoms with Crippen molar-refractivity contribution in [2.75, 3.05) is 6.54 Å². The normalized spacial score (nSPS) is 17.3. The van der Waals surface area contributed by atoms with Crippen LogP contribution >= 0.6 is 0 Å². The maximum atomic E-state index is 12.5. The van der Waals surface area contributed by atoms with Crippen LogP contribution in [0.2, 0.25) is 0 Å². The third-order valence-electron chi connectivity index (χ3n) is 4.36. The molecule has 2 heterocycles. The number of non-ortho nitro benzene ring substituents is 1. The predicted molar refractivity (Wildman–Crippen MR) is 90.5 cm³/mol. The van der Waals surface area contributed by atoms with Gasteiger partial charge in [-0.15, -0.1) is 0 Å². The van der Waals surface area contributed by atoms with Gasteiger partial charge in [0.05, 0.1) is 4.92 Å². The van der Waals surface area contributed by atoms with E-state index in [0.29, 0.717) is 17.3 Å². The van der Waals surface area contributed by atoms with Gasteiger partial charge in [0.1, 0.15) is 18.1 Å². The lowest BCUT2D eigenvalue weighted by atomic mass is 10.0. The summed E-state index contributed by atoms with van der Waals surface area (Å²) in [5.74, 6) is 1.26. The van der Waals surface area contributed by atoms with Gasteiger partial charge in [-0.25, -0.2) is 0 Å². The second kappa shape index (κ2) is 7.38. The molecule has 1 amide bonds. The molecular formula is C18H20N2O5. The van der Waals surface area contributed by atoms with E-state index < -0.39 is 4.92 Å². The maximum absolute atomic E-state index is 12.5. The molecule has 7 heteroatoms. The second-order valence-corrected chi connectivity index (χ2v) is 6.15. The minimum Gasteiger partial charge on any atom is -0.486 e. The Morgan fingerprint density at radius 3 is 2.72 bits per heavy atom. The number of rotatable bonds is 5. The summed E-state index contributed by atoms with van der Waals surface area (Å²) >= 11 is 0. The fourth-order valence-electron chi connectivity index (χ4n) is 2.93. The Labute approximate surface area is 145 Å². The van der Waals surface area contributed by atoms with E-state index in [0.717, 1.165) is 25.8 Å². The van der Waals surface area contributed by atoms with E-state index in [4.69, 9.17) is 9.15 Å². The van der Waals surface area contributed by atoms with Crippen molar-refractivity contribution in [1.29, 1.82) is 0 Å². The molecule has 1 aliphatic heterocycles. The zero-order chi connectivity index (χ0) is 17.8. The molecule has 2 aromatic rings. The number of hydrogen-bond donors (Lipinski definition) is 0. The second-order valence-electron chi connectivity index (χ2n) is 6.15. The topological polar surface area (TPSA) is 85.8 Å². The third kappa shape index (κ3) is 3.99. The first-order chi connectivity index (χ1) is 12.0. The molecule has 3 rings (SSSR count). The van der Waals surface area contributed by atoms with Crippen LogP contribution in [0.15, 0.2) is 40.8 Å². The molecule has 0 spiro atoms. The van der Waals surface area contributed by atoms with Crippen molar-refractivity contribution < 1.29 is 18.9 Å². The monoisotopic (exact) mass is 344 g/mol. The summed E-state index contributed by atoms with van der Waals surface area (Å²) < 4.78 is 11.2. The molecule has 1 atom stereocenters. The van der Waals surface area contributed by atoms with Crippen molar-refractivity contribution in [3.05, 3.63) is 58.0 Å². The van der Waals surface area contributed by atoms with Crippen LogP contribution in [0, 0.1) is 10.1 Å². The number of furan rings is 1. The number of carbonyl (C=O) groups excluding carboxylic acids is 1. The number of nitrogens with zero attached hydrogens (tertiary/aromatic N) is 2. The molecular weight excluding hydrogens is 324 g/mol. The first-order valence-corrected chi connectivity index (χ1v) is 8.31. The van der Waals surface area contributed by atoms with Gasteiger partial charge in [-0.05, 0) is 50.5 Å². The van der Waals surface area contributed by atoms with Crippen LogP contribution in [-0.4, -0.2) is 28.3 Å². The number of carbonyl (C=O) groups is 1. The van der Waals surface area contributed by atoms with Gasteiger partial charge in [0.25, 0.3) is 11.6 Å². The Bertz CT molecular complexity index is 753. The van der Waals surface area contributed by atoms with Gasteiger partial charge in [-0.3, -0.25) is 14.9 Å². The molecule has 1 saturated heterocycles. The Hall–Kier alpha value is -2.83. The van der Waals surface area contributed by atoms with Gasteiger partial charge in [0.15, 0.2) is 5.76 Å². The van der Waals surface area contributed by atoms with Gasteiger partial charge in [-0.1, -0.05) is 0 Å². The van der Waals surface area contributed by atoms with Crippen molar-refractivity contribution >= 4 is 11.6 Å². The van der Waals surface area contributed by atoms with Crippen LogP contribution in [-0.2, 0) is 6.61 Å². The molecule has 132 valence electrons. The average molecular weight is 344 g/mol. The predicted octanol–water partition coefficient (Wildman–Crippen LogP) is 3.78. The zero-order valence-corrected chi connectivity index (χ0v) is 14.0. The summed E-state index contributed by atoms with van der Waals surface area (Å²) in [6.45, 7) is 2.97. The van der Waals surface area contributed by atoms with E-state index in [1.807, 2.05) is 4.90 Å². The van der Waals surface area contributed by atoms with E-state index in [-0.39, 0.29) is 24.2 Å². The van der Waals surface area contributed by atoms with E-state index in [2.05, 4.69) is 6.92 Å². The van der Waals surface area contributed by atoms with E-state index in [1.165, 1.54) is 24.3 Å². The molecule has 0 aliphatic carbocycles. The third-order valence-corrected chi connectivity index (χ3v) is 4.36. The van der Waals surface area contributed by atoms with Crippen LogP contribution in [0.25, 0.3) is 0 Å². The summed E-state index contributed by atoms with van der Waals surface area (Å²) in [5, 5.41) is 10.6. The average Bonchev–Trinajstić information content (AvgIpc) is 3.09. The fraction of sp³-hybridized carbons (Fsp3) is 0.389. The number of amides is 1. The molecule has 1 aromatic heterocycles. The molecule has 1 aromatic carbocycles. The minimum absolute atomic E-state index is 0.00822. The number of likely N-dealkylation sites (tertiary alicyclic amines) is 1. The highest BCUT2D eigenvalue weighted by Gasteiger charge is 2.26. The van der Waals surface area contributed by atoms with Crippen LogP contribution in [0.4, 0.5) is 5.69 Å². The number of benzene rings is 1. The smallest absolute Gasteiger partial charge is 0.289 e. The number of nitro groups is 1. The largest absolute Gasteiger partial charge is 0.486 e. The SMILES string of the molecule is C[C@@H]1CCCCN1C(=O)c1ccc(COc2ccc([N+](=O)[O-])cc2)o1. The zero-order valence-electron chi connectivity index (χ0n) is 14.0. The number of hydrogen-bond acceptors (Lipinski definition) is 5. The molecule has 0 unspecified atom stereocenters. The Balaban J connectivity index is 1.59. The Morgan fingerprint density at radius 1 is 1.28 bits per heavy atom. The van der Waals surface area contributed by atoms with E-state index in [1.54, 1.807) is 12.1 Å². The van der Waals surface area contributed by atoms with Crippen LogP contribution in [0.3, 0.4) is 0 Å². The van der Waals surface area contributed by atoms with Crippen molar-refractivity contribution in [3.8, 4) is 5.75 Å². The van der Waals surface area contributed by atoms with Crippen molar-refractivity contribution in [3.63, 3.8) is 0 Å². The Kier molecular flexibility index (Phi) is 5.02. The number of piperidine rings is 1. The molecule has 0 radical (unpaired) electrons. The summed E-state index contributed by atoms with van der Waals surface area (Å²) in [7, 11) is 0. The molecule has 0 bridgehead atoms.